The number of fused-ring (bicyclic) bond motifs is 1. The number of aromatic nitrogens is 3. The maximum absolute atomic E-state index is 12.7. The van der Waals surface area contributed by atoms with Gasteiger partial charge in [0.05, 0.1) is 33.2 Å². The van der Waals surface area contributed by atoms with Crippen LogP contribution in [0.2, 0.25) is 10.0 Å². The number of halogens is 2. The third kappa shape index (κ3) is 3.88. The van der Waals surface area contributed by atoms with Gasteiger partial charge < -0.3 is 9.87 Å². The molecule has 0 bridgehead atoms. The zero-order valence-corrected chi connectivity index (χ0v) is 17.4. The standard InChI is InChI=1S/C19H13Cl2N5O3S/c20-14-7-4-8-15(21)17(14)26(30(28)29)16-9-10-25-18(24-16)13(11-22-25)19(27)23-12-5-2-1-3-6-12/h1-11H,(H,23,27)(H,28,29)/p-1. The van der Waals surface area contributed by atoms with Crippen molar-refractivity contribution < 1.29 is 13.6 Å². The van der Waals surface area contributed by atoms with Crippen molar-refractivity contribution in [3.63, 3.8) is 0 Å². The highest BCUT2D eigenvalue weighted by molar-refractivity contribution is 7.81. The Hall–Kier alpha value is -2.98. The second kappa shape index (κ2) is 8.41. The maximum atomic E-state index is 12.7. The summed E-state index contributed by atoms with van der Waals surface area (Å²) in [6, 6.07) is 14.9. The average molecular weight is 461 g/mol. The number of hydrogen-bond donors (Lipinski definition) is 1. The number of benzene rings is 2. The third-order valence-corrected chi connectivity index (χ3v) is 5.41. The molecule has 30 heavy (non-hydrogen) atoms. The Balaban J connectivity index is 1.78. The fraction of sp³-hybridized carbons (Fsp3) is 0. The van der Waals surface area contributed by atoms with Crippen molar-refractivity contribution in [3.05, 3.63) is 82.6 Å². The van der Waals surface area contributed by atoms with Gasteiger partial charge in [-0.15, -0.1) is 0 Å². The number of anilines is 3. The Labute approximate surface area is 183 Å². The van der Waals surface area contributed by atoms with Gasteiger partial charge in [-0.2, -0.15) is 5.10 Å². The number of rotatable bonds is 5. The molecule has 8 nitrogen and oxygen atoms in total. The van der Waals surface area contributed by atoms with Gasteiger partial charge in [-0.05, 0) is 24.3 Å². The Morgan fingerprint density at radius 3 is 2.43 bits per heavy atom. The van der Waals surface area contributed by atoms with E-state index in [1.165, 1.54) is 35.1 Å². The highest BCUT2D eigenvalue weighted by Crippen LogP contribution is 2.38. The number of carbonyl (C=O) groups excluding carboxylic acids is 1. The minimum atomic E-state index is -2.78. The number of para-hydroxylation sites is 2. The van der Waals surface area contributed by atoms with Crippen molar-refractivity contribution in [1.29, 1.82) is 0 Å². The summed E-state index contributed by atoms with van der Waals surface area (Å²) in [4.78, 5) is 17.0. The molecule has 0 aliphatic carbocycles. The van der Waals surface area contributed by atoms with Crippen LogP contribution >= 0.6 is 23.2 Å². The molecule has 2 heterocycles. The number of carbonyl (C=O) groups is 1. The lowest BCUT2D eigenvalue weighted by Crippen LogP contribution is -2.22. The van der Waals surface area contributed by atoms with Crippen LogP contribution in [0, 0.1) is 0 Å². The maximum Gasteiger partial charge on any atom is 0.261 e. The molecule has 4 aromatic rings. The zero-order valence-electron chi connectivity index (χ0n) is 15.0. The van der Waals surface area contributed by atoms with E-state index in [1.54, 1.807) is 30.3 Å². The number of amides is 1. The fourth-order valence-corrected chi connectivity index (χ4v) is 4.07. The predicted molar refractivity (Wildman–Crippen MR) is 115 cm³/mol. The molecule has 0 saturated carbocycles. The molecule has 0 aliphatic heterocycles. The van der Waals surface area contributed by atoms with E-state index in [1.807, 2.05) is 6.07 Å². The third-order valence-electron chi connectivity index (χ3n) is 4.13. The van der Waals surface area contributed by atoms with Gasteiger partial charge in [-0.25, -0.2) is 9.50 Å². The Kier molecular flexibility index (Phi) is 5.69. The first-order chi connectivity index (χ1) is 14.5. The molecule has 0 radical (unpaired) electrons. The molecule has 1 atom stereocenters. The van der Waals surface area contributed by atoms with E-state index < -0.39 is 17.2 Å². The zero-order chi connectivity index (χ0) is 21.3. The van der Waals surface area contributed by atoms with Gasteiger partial charge in [0, 0.05) is 18.0 Å². The summed E-state index contributed by atoms with van der Waals surface area (Å²) < 4.78 is 26.2. The van der Waals surface area contributed by atoms with Crippen LogP contribution in [0.4, 0.5) is 17.2 Å². The highest BCUT2D eigenvalue weighted by atomic mass is 35.5. The van der Waals surface area contributed by atoms with Crippen LogP contribution in [0.5, 0.6) is 0 Å². The van der Waals surface area contributed by atoms with E-state index in [9.17, 15) is 13.6 Å². The van der Waals surface area contributed by atoms with Crippen molar-refractivity contribution in [2.24, 2.45) is 0 Å². The molecule has 152 valence electrons. The molecule has 0 aliphatic rings. The van der Waals surface area contributed by atoms with Gasteiger partial charge in [0.2, 0.25) is 0 Å². The second-order valence-corrected chi connectivity index (χ2v) is 7.63. The first-order valence-electron chi connectivity index (χ1n) is 8.50. The van der Waals surface area contributed by atoms with Gasteiger partial charge >= 0.3 is 0 Å². The lowest BCUT2D eigenvalue weighted by atomic mass is 10.2. The molecule has 2 aromatic heterocycles. The quantitative estimate of drug-likeness (QED) is 0.449. The summed E-state index contributed by atoms with van der Waals surface area (Å²) in [6.45, 7) is 0. The molecule has 2 aromatic carbocycles. The molecule has 11 heteroatoms. The van der Waals surface area contributed by atoms with Gasteiger partial charge in [0.15, 0.2) is 5.65 Å². The van der Waals surface area contributed by atoms with Crippen LogP contribution in [0.1, 0.15) is 10.4 Å². The van der Waals surface area contributed by atoms with Crippen molar-refractivity contribution in [3.8, 4) is 0 Å². The minimum absolute atomic E-state index is 0.0000874. The SMILES string of the molecule is O=C(Nc1ccccc1)c1cnn2ccc(N(c3c(Cl)cccc3Cl)S(=O)[O-])nc12. The van der Waals surface area contributed by atoms with Crippen LogP contribution in [0.25, 0.3) is 5.65 Å². The smallest absolute Gasteiger partial charge is 0.261 e. The summed E-state index contributed by atoms with van der Waals surface area (Å²) >= 11 is 9.57. The van der Waals surface area contributed by atoms with E-state index in [0.717, 1.165) is 4.31 Å². The topological polar surface area (TPSA) is 103 Å². The summed E-state index contributed by atoms with van der Waals surface area (Å²) in [5, 5.41) is 7.11. The number of hydrogen-bond acceptors (Lipinski definition) is 5. The summed E-state index contributed by atoms with van der Waals surface area (Å²) in [5.74, 6) is -0.438. The van der Waals surface area contributed by atoms with E-state index in [-0.39, 0.29) is 32.8 Å². The van der Waals surface area contributed by atoms with Gasteiger partial charge in [0.1, 0.15) is 11.4 Å². The van der Waals surface area contributed by atoms with Crippen LogP contribution in [-0.4, -0.2) is 29.3 Å². The first kappa shape index (κ1) is 20.3. The van der Waals surface area contributed by atoms with Gasteiger partial charge in [0.25, 0.3) is 5.91 Å². The molecular weight excluding hydrogens is 449 g/mol. The fourth-order valence-electron chi connectivity index (χ4n) is 2.80. The minimum Gasteiger partial charge on any atom is -0.755 e. The normalized spacial score (nSPS) is 12.0. The molecule has 4 rings (SSSR count). The van der Waals surface area contributed by atoms with Crippen LogP contribution in [-0.2, 0) is 11.3 Å². The van der Waals surface area contributed by atoms with Gasteiger partial charge in [-0.1, -0.05) is 47.5 Å². The first-order valence-corrected chi connectivity index (χ1v) is 10.3. The van der Waals surface area contributed by atoms with Crippen LogP contribution in [0.3, 0.4) is 0 Å². The molecule has 1 unspecified atom stereocenters. The Morgan fingerprint density at radius 2 is 1.77 bits per heavy atom. The lowest BCUT2D eigenvalue weighted by molar-refractivity contribution is 0.102. The second-order valence-electron chi connectivity index (χ2n) is 6.01. The Bertz CT molecular complexity index is 1250. The Morgan fingerprint density at radius 1 is 1.07 bits per heavy atom. The summed E-state index contributed by atoms with van der Waals surface area (Å²) in [7, 11) is 0. The highest BCUT2D eigenvalue weighted by Gasteiger charge is 2.21. The van der Waals surface area contributed by atoms with E-state index in [0.29, 0.717) is 5.69 Å². The molecule has 1 amide bonds. The van der Waals surface area contributed by atoms with Crippen molar-refractivity contribution >= 4 is 63.2 Å². The molecular formula is C19H12Cl2N5O3S-. The van der Waals surface area contributed by atoms with E-state index in [2.05, 4.69) is 15.4 Å². The summed E-state index contributed by atoms with van der Waals surface area (Å²) in [5.41, 5.74) is 0.992. The number of nitrogens with one attached hydrogen (secondary N) is 1. The van der Waals surface area contributed by atoms with Crippen LogP contribution < -0.4 is 9.62 Å². The van der Waals surface area contributed by atoms with E-state index >= 15 is 0 Å². The molecule has 0 spiro atoms. The molecule has 0 fully saturated rings. The molecule has 0 saturated heterocycles. The van der Waals surface area contributed by atoms with Crippen molar-refractivity contribution in [2.45, 2.75) is 0 Å². The largest absolute Gasteiger partial charge is 0.755 e. The predicted octanol–water partition coefficient (Wildman–Crippen LogP) is 4.22. The van der Waals surface area contributed by atoms with Gasteiger partial charge in [-0.3, -0.25) is 13.3 Å². The lowest BCUT2D eigenvalue weighted by Gasteiger charge is -2.27. The number of nitrogens with zero attached hydrogens (tertiary/aromatic N) is 4. The summed E-state index contributed by atoms with van der Waals surface area (Å²) in [6.07, 6.45) is 2.84. The van der Waals surface area contributed by atoms with Crippen LogP contribution in [0.15, 0.2) is 67.0 Å². The molecule has 1 N–H and O–H groups in total. The van der Waals surface area contributed by atoms with E-state index in [4.69, 9.17) is 23.2 Å². The van der Waals surface area contributed by atoms with Crippen molar-refractivity contribution in [2.75, 3.05) is 9.62 Å². The monoisotopic (exact) mass is 460 g/mol. The average Bonchev–Trinajstić information content (AvgIpc) is 3.14. The van der Waals surface area contributed by atoms with Crippen molar-refractivity contribution in [1.82, 2.24) is 14.6 Å².